The average Bonchev–Trinajstić information content (AvgIpc) is 1.97. The van der Waals surface area contributed by atoms with Gasteiger partial charge in [-0.1, -0.05) is 46.4 Å². The molecule has 0 amide bonds. The van der Waals surface area contributed by atoms with E-state index in [1.54, 1.807) is 0 Å². The van der Waals surface area contributed by atoms with Gasteiger partial charge in [-0.3, -0.25) is 0 Å². The van der Waals surface area contributed by atoms with Gasteiger partial charge in [-0.2, -0.15) is 0 Å². The number of allylic oxidation sites excluding steroid dienone is 2. The molecule has 58 valence electrons. The molecule has 5 heteroatoms. The highest BCUT2D eigenvalue weighted by molar-refractivity contribution is 6.61. The summed E-state index contributed by atoms with van der Waals surface area (Å²) in [5.41, 5.74) is 0. The van der Waals surface area contributed by atoms with Gasteiger partial charge in [-0.05, 0) is 0 Å². The molecule has 0 aromatic rings. The lowest BCUT2D eigenvalue weighted by molar-refractivity contribution is 0.880. The molecule has 1 atom stereocenters. The lowest BCUT2D eigenvalue weighted by atomic mass is 10.3. The van der Waals surface area contributed by atoms with E-state index in [4.69, 9.17) is 58.0 Å². The predicted molar refractivity (Wildman–Crippen MR) is 47.4 cm³/mol. The monoisotopic (exact) mass is 238 g/mol. The van der Waals surface area contributed by atoms with Gasteiger partial charge in [0.25, 0.3) is 0 Å². The minimum atomic E-state index is -1.19. The summed E-state index contributed by atoms with van der Waals surface area (Å²) in [4.78, 5) is 0. The maximum Gasteiger partial charge on any atom is 0.171 e. The summed E-state index contributed by atoms with van der Waals surface area (Å²) in [7, 11) is 0. The Balaban J connectivity index is 2.94. The number of rotatable bonds is 0. The molecule has 0 bridgehead atoms. The molecule has 0 aromatic carbocycles. The van der Waals surface area contributed by atoms with Gasteiger partial charge < -0.3 is 0 Å². The first kappa shape index (κ1) is 9.28. The van der Waals surface area contributed by atoms with E-state index in [1.807, 2.05) is 0 Å². The van der Waals surface area contributed by atoms with Crippen LogP contribution in [0.1, 0.15) is 6.42 Å². The maximum absolute atomic E-state index is 5.72. The van der Waals surface area contributed by atoms with Crippen molar-refractivity contribution in [3.05, 3.63) is 10.1 Å². The molecule has 10 heavy (non-hydrogen) atoms. The number of hydrogen-bond donors (Lipinski definition) is 0. The SMILES string of the molecule is ClC1=C(Cl)C(Cl)(Cl)C(Cl)C1. The van der Waals surface area contributed by atoms with Gasteiger partial charge in [0.1, 0.15) is 0 Å². The van der Waals surface area contributed by atoms with Crippen LogP contribution in [-0.4, -0.2) is 9.71 Å². The minimum Gasteiger partial charge on any atom is -0.119 e. The van der Waals surface area contributed by atoms with Crippen LogP contribution >= 0.6 is 58.0 Å². The number of halogens is 5. The quantitative estimate of drug-likeness (QED) is 0.564. The molecule has 1 aliphatic rings. The summed E-state index contributed by atoms with van der Waals surface area (Å²) in [5.74, 6) is 0. The third kappa shape index (κ3) is 1.37. The lowest BCUT2D eigenvalue weighted by Crippen LogP contribution is -2.20. The molecule has 0 saturated heterocycles. The molecule has 0 nitrogen and oxygen atoms in total. The van der Waals surface area contributed by atoms with E-state index >= 15 is 0 Å². The highest BCUT2D eigenvalue weighted by Crippen LogP contribution is 2.49. The van der Waals surface area contributed by atoms with Crippen molar-refractivity contribution >= 4 is 58.0 Å². The van der Waals surface area contributed by atoms with Gasteiger partial charge in [0.2, 0.25) is 0 Å². The van der Waals surface area contributed by atoms with E-state index in [0.29, 0.717) is 11.5 Å². The van der Waals surface area contributed by atoms with Crippen LogP contribution in [0.4, 0.5) is 0 Å². The Hall–Kier alpha value is 1.19. The first-order chi connectivity index (χ1) is 4.46. The summed E-state index contributed by atoms with van der Waals surface area (Å²) < 4.78 is -1.19. The van der Waals surface area contributed by atoms with E-state index in [1.165, 1.54) is 0 Å². The molecule has 0 heterocycles. The molecule has 0 saturated carbocycles. The normalized spacial score (nSPS) is 31.5. The van der Waals surface area contributed by atoms with Crippen molar-refractivity contribution in [1.29, 1.82) is 0 Å². The zero-order valence-electron chi connectivity index (χ0n) is 4.67. The highest BCUT2D eigenvalue weighted by atomic mass is 35.5. The molecule has 0 fully saturated rings. The van der Waals surface area contributed by atoms with Crippen molar-refractivity contribution in [2.75, 3.05) is 0 Å². The molecular weight excluding hydrogens is 237 g/mol. The Labute approximate surface area is 84.0 Å². The van der Waals surface area contributed by atoms with Gasteiger partial charge in [0.15, 0.2) is 4.33 Å². The minimum absolute atomic E-state index is 0.248. The third-order valence-corrected chi connectivity index (χ3v) is 4.05. The van der Waals surface area contributed by atoms with E-state index in [-0.39, 0.29) is 5.03 Å². The lowest BCUT2D eigenvalue weighted by Gasteiger charge is -2.16. The standard InChI is InChI=1S/C5H3Cl5/c6-2-1-3(7)5(9,10)4(2)8/h3H,1H2. The summed E-state index contributed by atoms with van der Waals surface area (Å²) in [5, 5.41) is 0.278. The molecule has 0 spiro atoms. The van der Waals surface area contributed by atoms with Crippen LogP contribution in [0.3, 0.4) is 0 Å². The number of alkyl halides is 3. The second-order valence-electron chi connectivity index (χ2n) is 2.01. The zero-order chi connectivity index (χ0) is 7.94. The molecule has 0 radical (unpaired) electrons. The van der Waals surface area contributed by atoms with Gasteiger partial charge in [0.05, 0.1) is 10.4 Å². The van der Waals surface area contributed by atoms with Gasteiger partial charge in [-0.25, -0.2) is 0 Å². The van der Waals surface area contributed by atoms with Crippen LogP contribution in [0.25, 0.3) is 0 Å². The van der Waals surface area contributed by atoms with Crippen molar-refractivity contribution in [3.63, 3.8) is 0 Å². The van der Waals surface area contributed by atoms with Gasteiger partial charge in [-0.15, -0.1) is 11.6 Å². The Bertz CT molecular complexity index is 182. The molecule has 1 rings (SSSR count). The smallest absolute Gasteiger partial charge is 0.119 e. The maximum atomic E-state index is 5.72. The van der Waals surface area contributed by atoms with Crippen molar-refractivity contribution in [2.24, 2.45) is 0 Å². The topological polar surface area (TPSA) is 0 Å². The van der Waals surface area contributed by atoms with Gasteiger partial charge in [0, 0.05) is 11.5 Å². The van der Waals surface area contributed by atoms with E-state index < -0.39 is 9.71 Å². The van der Waals surface area contributed by atoms with Crippen LogP contribution in [0.2, 0.25) is 0 Å². The first-order valence-corrected chi connectivity index (χ1v) is 4.47. The van der Waals surface area contributed by atoms with E-state index in [9.17, 15) is 0 Å². The van der Waals surface area contributed by atoms with Crippen LogP contribution < -0.4 is 0 Å². The summed E-state index contributed by atoms with van der Waals surface area (Å²) in [6.07, 6.45) is 0.439. The fourth-order valence-corrected chi connectivity index (χ4v) is 2.08. The number of hydrogen-bond acceptors (Lipinski definition) is 0. The zero-order valence-corrected chi connectivity index (χ0v) is 8.45. The second kappa shape index (κ2) is 2.91. The second-order valence-corrected chi connectivity index (χ2v) is 4.76. The van der Waals surface area contributed by atoms with Crippen molar-refractivity contribution in [2.45, 2.75) is 16.1 Å². The fourth-order valence-electron chi connectivity index (χ4n) is 0.693. The Morgan fingerprint density at radius 2 is 1.80 bits per heavy atom. The highest BCUT2D eigenvalue weighted by Gasteiger charge is 2.44. The average molecular weight is 240 g/mol. The third-order valence-electron chi connectivity index (χ3n) is 1.28. The molecule has 0 N–H and O–H groups in total. The predicted octanol–water partition coefficient (Wildman–Crippen LogP) is 3.86. The Morgan fingerprint density at radius 1 is 1.30 bits per heavy atom. The molecule has 1 unspecified atom stereocenters. The van der Waals surface area contributed by atoms with E-state index in [0.717, 1.165) is 0 Å². The first-order valence-electron chi connectivity index (χ1n) is 2.52. The van der Waals surface area contributed by atoms with Gasteiger partial charge >= 0.3 is 0 Å². The largest absolute Gasteiger partial charge is 0.171 e. The molecule has 0 aromatic heterocycles. The molecule has 1 aliphatic carbocycles. The Morgan fingerprint density at radius 3 is 1.90 bits per heavy atom. The van der Waals surface area contributed by atoms with Crippen LogP contribution in [0.5, 0.6) is 0 Å². The van der Waals surface area contributed by atoms with Crippen LogP contribution in [-0.2, 0) is 0 Å². The summed E-state index contributed by atoms with van der Waals surface area (Å²) in [6, 6.07) is 0. The summed E-state index contributed by atoms with van der Waals surface area (Å²) in [6.45, 7) is 0. The van der Waals surface area contributed by atoms with Crippen LogP contribution in [0, 0.1) is 0 Å². The van der Waals surface area contributed by atoms with Crippen molar-refractivity contribution in [1.82, 2.24) is 0 Å². The Kier molecular flexibility index (Phi) is 2.70. The molecular formula is C5H3Cl5. The van der Waals surface area contributed by atoms with Crippen molar-refractivity contribution in [3.8, 4) is 0 Å². The molecule has 0 aliphatic heterocycles. The van der Waals surface area contributed by atoms with Crippen LogP contribution in [0.15, 0.2) is 10.1 Å². The van der Waals surface area contributed by atoms with Crippen molar-refractivity contribution < 1.29 is 0 Å². The summed E-state index contributed by atoms with van der Waals surface area (Å²) >= 11 is 28.4. The van der Waals surface area contributed by atoms with E-state index in [2.05, 4.69) is 0 Å². The fraction of sp³-hybridized carbons (Fsp3) is 0.600.